The van der Waals surface area contributed by atoms with Crippen molar-refractivity contribution >= 4 is 21.6 Å². The highest BCUT2D eigenvalue weighted by atomic mass is 35.5. The van der Waals surface area contributed by atoms with Gasteiger partial charge in [0.15, 0.2) is 0 Å². The van der Waals surface area contributed by atoms with Gasteiger partial charge >= 0.3 is 0 Å². The fourth-order valence-electron chi connectivity index (χ4n) is 2.35. The molecule has 106 valence electrons. The van der Waals surface area contributed by atoms with Gasteiger partial charge < -0.3 is 4.57 Å². The summed E-state index contributed by atoms with van der Waals surface area (Å²) in [6, 6.07) is 1.93. The predicted molar refractivity (Wildman–Crippen MR) is 74.6 cm³/mol. The van der Waals surface area contributed by atoms with E-state index in [1.807, 2.05) is 7.05 Å². The first-order valence-corrected chi connectivity index (χ1v) is 8.73. The molecule has 0 aliphatic heterocycles. The molecule has 2 saturated carbocycles. The molecule has 0 bridgehead atoms. The smallest absolute Gasteiger partial charge is 0.244 e. The Labute approximate surface area is 119 Å². The number of sulfonamides is 1. The maximum atomic E-state index is 12.7. The molecule has 2 aliphatic carbocycles. The van der Waals surface area contributed by atoms with Gasteiger partial charge in [0.2, 0.25) is 10.0 Å². The molecule has 2 fully saturated rings. The van der Waals surface area contributed by atoms with Crippen molar-refractivity contribution in [3.8, 4) is 0 Å². The zero-order valence-corrected chi connectivity index (χ0v) is 12.6. The predicted octanol–water partition coefficient (Wildman–Crippen LogP) is 2.33. The molecule has 0 atom stereocenters. The van der Waals surface area contributed by atoms with Crippen molar-refractivity contribution in [1.29, 1.82) is 0 Å². The van der Waals surface area contributed by atoms with Crippen molar-refractivity contribution in [3.05, 3.63) is 18.0 Å². The van der Waals surface area contributed by atoms with E-state index in [2.05, 4.69) is 0 Å². The summed E-state index contributed by atoms with van der Waals surface area (Å²) < 4.78 is 29.0. The van der Waals surface area contributed by atoms with Gasteiger partial charge in [-0.25, -0.2) is 8.42 Å². The Morgan fingerprint density at radius 2 is 2.05 bits per heavy atom. The second-order valence-electron chi connectivity index (χ2n) is 5.66. The molecule has 3 rings (SSSR count). The van der Waals surface area contributed by atoms with Crippen LogP contribution in [-0.4, -0.2) is 29.9 Å². The quantitative estimate of drug-likeness (QED) is 0.757. The lowest BCUT2D eigenvalue weighted by Crippen LogP contribution is -2.34. The van der Waals surface area contributed by atoms with Crippen LogP contribution in [0.3, 0.4) is 0 Å². The molecule has 6 heteroatoms. The van der Waals surface area contributed by atoms with Crippen LogP contribution in [-0.2, 0) is 23.0 Å². The molecule has 2 aliphatic rings. The average Bonchev–Trinajstić information content (AvgIpc) is 3.24. The molecule has 0 aromatic carbocycles. The normalized spacial score (nSPS) is 20.2. The highest BCUT2D eigenvalue weighted by molar-refractivity contribution is 7.89. The maximum absolute atomic E-state index is 12.7. The van der Waals surface area contributed by atoms with Crippen LogP contribution < -0.4 is 0 Å². The van der Waals surface area contributed by atoms with E-state index < -0.39 is 10.0 Å². The Balaban J connectivity index is 1.89. The molecule has 0 unspecified atom stereocenters. The van der Waals surface area contributed by atoms with Crippen LogP contribution in [0.2, 0.25) is 0 Å². The highest BCUT2D eigenvalue weighted by Crippen LogP contribution is 2.38. The molecular weight excluding hydrogens is 284 g/mol. The van der Waals surface area contributed by atoms with Gasteiger partial charge in [0.1, 0.15) is 4.90 Å². The lowest BCUT2D eigenvalue weighted by molar-refractivity contribution is 0.389. The van der Waals surface area contributed by atoms with E-state index >= 15 is 0 Å². The Morgan fingerprint density at radius 1 is 1.37 bits per heavy atom. The number of hydrogen-bond acceptors (Lipinski definition) is 2. The van der Waals surface area contributed by atoms with Gasteiger partial charge in [0.05, 0.1) is 5.88 Å². The Morgan fingerprint density at radius 3 is 2.53 bits per heavy atom. The van der Waals surface area contributed by atoms with Crippen molar-refractivity contribution in [2.24, 2.45) is 13.0 Å². The van der Waals surface area contributed by atoms with E-state index in [4.69, 9.17) is 11.6 Å². The summed E-state index contributed by atoms with van der Waals surface area (Å²) in [5.74, 6) is 0.907. The minimum atomic E-state index is -3.35. The second-order valence-corrected chi connectivity index (χ2v) is 7.82. The minimum absolute atomic E-state index is 0.227. The standard InChI is InChI=1S/C13H19ClN2O2S/c1-15-9-13(6-12(15)7-14)19(17,18)16(11-4-5-11)8-10-2-3-10/h6,9-11H,2-5,7-8H2,1H3. The lowest BCUT2D eigenvalue weighted by Gasteiger charge is -2.20. The van der Waals surface area contributed by atoms with Crippen LogP contribution >= 0.6 is 11.6 Å². The van der Waals surface area contributed by atoms with Crippen molar-refractivity contribution in [1.82, 2.24) is 8.87 Å². The van der Waals surface area contributed by atoms with E-state index in [9.17, 15) is 8.42 Å². The van der Waals surface area contributed by atoms with Crippen LogP contribution in [0, 0.1) is 5.92 Å². The molecular formula is C13H19ClN2O2S. The van der Waals surface area contributed by atoms with Gasteiger partial charge in [-0.3, -0.25) is 0 Å². The topological polar surface area (TPSA) is 42.3 Å². The molecule has 0 radical (unpaired) electrons. The number of nitrogens with zero attached hydrogens (tertiary/aromatic N) is 2. The van der Waals surface area contributed by atoms with Crippen LogP contribution in [0.5, 0.6) is 0 Å². The van der Waals surface area contributed by atoms with Crippen LogP contribution in [0.25, 0.3) is 0 Å². The van der Waals surface area contributed by atoms with E-state index in [1.165, 1.54) is 12.8 Å². The number of aromatic nitrogens is 1. The third kappa shape index (κ3) is 2.69. The van der Waals surface area contributed by atoms with E-state index in [0.717, 1.165) is 18.5 Å². The molecule has 1 aromatic rings. The summed E-state index contributed by atoms with van der Waals surface area (Å²) in [7, 11) is -1.52. The van der Waals surface area contributed by atoms with Gasteiger partial charge in [-0.15, -0.1) is 11.6 Å². The average molecular weight is 303 g/mol. The highest BCUT2D eigenvalue weighted by Gasteiger charge is 2.41. The summed E-state index contributed by atoms with van der Waals surface area (Å²) in [6.07, 6.45) is 6.01. The molecule has 4 nitrogen and oxygen atoms in total. The third-order valence-electron chi connectivity index (χ3n) is 3.92. The molecule has 1 aromatic heterocycles. The van der Waals surface area contributed by atoms with Crippen molar-refractivity contribution in [3.63, 3.8) is 0 Å². The largest absolute Gasteiger partial charge is 0.352 e. The summed E-state index contributed by atoms with van der Waals surface area (Å²) in [6.45, 7) is 0.693. The first-order valence-electron chi connectivity index (χ1n) is 6.75. The van der Waals surface area contributed by atoms with Crippen LogP contribution in [0.15, 0.2) is 17.2 Å². The summed E-state index contributed by atoms with van der Waals surface area (Å²) in [5.41, 5.74) is 0.836. The first kappa shape index (κ1) is 13.5. The fourth-order valence-corrected chi connectivity index (χ4v) is 4.47. The van der Waals surface area contributed by atoms with E-state index in [-0.39, 0.29) is 6.04 Å². The van der Waals surface area contributed by atoms with E-state index in [1.54, 1.807) is 21.1 Å². The maximum Gasteiger partial charge on any atom is 0.244 e. The molecule has 0 amide bonds. The zero-order valence-electron chi connectivity index (χ0n) is 11.0. The molecule has 19 heavy (non-hydrogen) atoms. The van der Waals surface area contributed by atoms with Gasteiger partial charge in [0.25, 0.3) is 0 Å². The zero-order chi connectivity index (χ0) is 13.6. The lowest BCUT2D eigenvalue weighted by atomic mass is 10.4. The summed E-state index contributed by atoms with van der Waals surface area (Å²) in [5, 5.41) is 0. The van der Waals surface area contributed by atoms with Gasteiger partial charge in [-0.1, -0.05) is 0 Å². The Kier molecular flexibility index (Phi) is 3.39. The Bertz CT molecular complexity index is 573. The number of rotatable bonds is 6. The molecule has 0 saturated heterocycles. The van der Waals surface area contributed by atoms with E-state index in [0.29, 0.717) is 23.2 Å². The van der Waals surface area contributed by atoms with Crippen LogP contribution in [0.4, 0.5) is 0 Å². The minimum Gasteiger partial charge on any atom is -0.352 e. The van der Waals surface area contributed by atoms with Gasteiger partial charge in [-0.2, -0.15) is 4.31 Å². The van der Waals surface area contributed by atoms with Crippen molar-refractivity contribution in [2.75, 3.05) is 6.54 Å². The molecule has 0 N–H and O–H groups in total. The SMILES string of the molecule is Cn1cc(S(=O)(=O)N(CC2CC2)C2CC2)cc1CCl. The summed E-state index contributed by atoms with van der Waals surface area (Å²) >= 11 is 5.82. The van der Waals surface area contributed by atoms with Crippen molar-refractivity contribution < 1.29 is 8.42 Å². The number of halogens is 1. The first-order chi connectivity index (χ1) is 9.02. The van der Waals surface area contributed by atoms with Crippen LogP contribution in [0.1, 0.15) is 31.4 Å². The summed E-state index contributed by atoms with van der Waals surface area (Å²) in [4.78, 5) is 0.387. The third-order valence-corrected chi connectivity index (χ3v) is 6.07. The van der Waals surface area contributed by atoms with Crippen molar-refractivity contribution in [2.45, 2.75) is 42.5 Å². The van der Waals surface area contributed by atoms with Gasteiger partial charge in [0, 0.05) is 31.5 Å². The van der Waals surface area contributed by atoms with Gasteiger partial charge in [-0.05, 0) is 37.7 Å². The fraction of sp³-hybridized carbons (Fsp3) is 0.692. The molecule has 1 heterocycles. The number of aryl methyl sites for hydroxylation is 1. The number of alkyl halides is 1. The second kappa shape index (κ2) is 4.79. The Hall–Kier alpha value is -0.520. The monoisotopic (exact) mass is 302 g/mol. The number of hydrogen-bond donors (Lipinski definition) is 0. The molecule has 0 spiro atoms.